The predicted molar refractivity (Wildman–Crippen MR) is 83.0 cm³/mol. The van der Waals surface area contributed by atoms with Gasteiger partial charge in [0.2, 0.25) is 0 Å². The van der Waals surface area contributed by atoms with Gasteiger partial charge in [-0.15, -0.1) is 11.8 Å². The minimum absolute atomic E-state index is 0.147. The highest BCUT2D eigenvalue weighted by Crippen LogP contribution is 2.43. The van der Waals surface area contributed by atoms with Crippen molar-refractivity contribution in [2.24, 2.45) is 0 Å². The molecule has 0 aromatic heterocycles. The van der Waals surface area contributed by atoms with Crippen LogP contribution in [0.2, 0.25) is 0 Å². The van der Waals surface area contributed by atoms with Crippen molar-refractivity contribution in [1.29, 1.82) is 5.26 Å². The molecule has 0 saturated carbocycles. The van der Waals surface area contributed by atoms with Gasteiger partial charge in [0.1, 0.15) is 11.5 Å². The molecule has 0 aliphatic carbocycles. The Kier molecular flexibility index (Phi) is 3.85. The molecule has 22 heavy (non-hydrogen) atoms. The van der Waals surface area contributed by atoms with Crippen molar-refractivity contribution in [3.63, 3.8) is 0 Å². The van der Waals surface area contributed by atoms with Crippen molar-refractivity contribution in [2.45, 2.75) is 23.2 Å². The number of nitriles is 1. The Bertz CT molecular complexity index is 759. The van der Waals surface area contributed by atoms with Crippen LogP contribution in [0.3, 0.4) is 0 Å². The van der Waals surface area contributed by atoms with Gasteiger partial charge in [-0.3, -0.25) is 0 Å². The van der Waals surface area contributed by atoms with Gasteiger partial charge in [-0.05, 0) is 28.5 Å². The highest BCUT2D eigenvalue weighted by molar-refractivity contribution is 7.99. The van der Waals surface area contributed by atoms with E-state index in [1.165, 1.54) is 0 Å². The normalized spacial score (nSPS) is 31.9. The molecule has 2 aromatic rings. The summed E-state index contributed by atoms with van der Waals surface area (Å²) >= 11 is 0.991. The Balaban J connectivity index is 2.22. The molecule has 114 valence electrons. The molecule has 1 heterocycles. The average molecular weight is 317 g/mol. The smallest absolute Gasteiger partial charge is 0.154 e. The van der Waals surface area contributed by atoms with E-state index in [1.54, 1.807) is 36.4 Å². The maximum absolute atomic E-state index is 10.9. The predicted octanol–water partition coefficient (Wildman–Crippen LogP) is 0.686. The second-order valence-electron chi connectivity index (χ2n) is 5.38. The monoisotopic (exact) mass is 317 g/mol. The highest BCUT2D eigenvalue weighted by Gasteiger charge is 2.51. The van der Waals surface area contributed by atoms with Gasteiger partial charge >= 0.3 is 0 Å². The molecule has 4 atom stereocenters. The molecule has 3 rings (SSSR count). The largest absolute Gasteiger partial charge is 0.389 e. The molecule has 0 amide bonds. The van der Waals surface area contributed by atoms with Crippen molar-refractivity contribution in [1.82, 2.24) is 0 Å². The summed E-state index contributed by atoms with van der Waals surface area (Å²) in [5, 5.41) is 51.6. The molecule has 0 bridgehead atoms. The van der Waals surface area contributed by atoms with Crippen LogP contribution in [-0.4, -0.2) is 43.8 Å². The molecule has 4 N–H and O–H groups in total. The van der Waals surface area contributed by atoms with Crippen LogP contribution in [-0.2, 0) is 5.60 Å². The number of fused-ring (bicyclic) bond motifs is 1. The lowest BCUT2D eigenvalue weighted by atomic mass is 9.82. The van der Waals surface area contributed by atoms with Crippen LogP contribution in [0.25, 0.3) is 10.8 Å². The molecular weight excluding hydrogens is 302 g/mol. The van der Waals surface area contributed by atoms with Gasteiger partial charge in [-0.1, -0.05) is 24.3 Å². The quantitative estimate of drug-likeness (QED) is 0.617. The van der Waals surface area contributed by atoms with Crippen LogP contribution in [0, 0.1) is 11.3 Å². The summed E-state index contributed by atoms with van der Waals surface area (Å²) < 4.78 is 0. The number of benzene rings is 2. The van der Waals surface area contributed by atoms with E-state index in [9.17, 15) is 20.4 Å². The minimum atomic E-state index is -1.98. The number of aliphatic hydroxyl groups excluding tert-OH is 3. The van der Waals surface area contributed by atoms with Crippen molar-refractivity contribution >= 4 is 22.5 Å². The molecule has 1 aliphatic heterocycles. The first kappa shape index (κ1) is 15.3. The molecule has 2 aromatic carbocycles. The first-order chi connectivity index (χ1) is 10.5. The summed E-state index contributed by atoms with van der Waals surface area (Å²) in [6.07, 6.45) is -2.63. The van der Waals surface area contributed by atoms with Gasteiger partial charge in [0.05, 0.1) is 17.7 Å². The first-order valence-electron chi connectivity index (χ1n) is 6.80. The topological polar surface area (TPSA) is 105 Å². The zero-order chi connectivity index (χ0) is 15.9. The van der Waals surface area contributed by atoms with Gasteiger partial charge in [0.15, 0.2) is 5.60 Å². The van der Waals surface area contributed by atoms with Crippen molar-refractivity contribution in [2.75, 3.05) is 5.75 Å². The van der Waals surface area contributed by atoms with E-state index in [0.29, 0.717) is 16.5 Å². The molecule has 5 nitrogen and oxygen atoms in total. The maximum atomic E-state index is 10.9. The number of aliphatic hydroxyl groups is 4. The maximum Gasteiger partial charge on any atom is 0.154 e. The Morgan fingerprint density at radius 2 is 1.95 bits per heavy atom. The Morgan fingerprint density at radius 3 is 2.68 bits per heavy atom. The number of hydrogen-bond acceptors (Lipinski definition) is 6. The second kappa shape index (κ2) is 5.54. The summed E-state index contributed by atoms with van der Waals surface area (Å²) in [7, 11) is 0. The lowest BCUT2D eigenvalue weighted by molar-refractivity contribution is -0.161. The number of nitrogens with zero attached hydrogens (tertiary/aromatic N) is 1. The fraction of sp³-hybridized carbons (Fsp3) is 0.312. The molecule has 6 heteroatoms. The van der Waals surface area contributed by atoms with Gasteiger partial charge in [-0.2, -0.15) is 5.26 Å². The van der Waals surface area contributed by atoms with Crippen LogP contribution in [0.1, 0.15) is 11.1 Å². The van der Waals surface area contributed by atoms with Crippen LogP contribution in [0.15, 0.2) is 36.4 Å². The molecule has 0 radical (unpaired) electrons. The molecule has 0 unspecified atom stereocenters. The van der Waals surface area contributed by atoms with E-state index >= 15 is 0 Å². The highest BCUT2D eigenvalue weighted by atomic mass is 32.2. The van der Waals surface area contributed by atoms with E-state index in [0.717, 1.165) is 17.1 Å². The zero-order valence-corrected chi connectivity index (χ0v) is 12.4. The van der Waals surface area contributed by atoms with Crippen molar-refractivity contribution in [3.05, 3.63) is 47.5 Å². The Morgan fingerprint density at radius 1 is 1.18 bits per heavy atom. The third kappa shape index (κ3) is 2.19. The Labute approximate surface area is 131 Å². The van der Waals surface area contributed by atoms with Crippen LogP contribution in [0.4, 0.5) is 0 Å². The van der Waals surface area contributed by atoms with Gasteiger partial charge in [0.25, 0.3) is 0 Å². The minimum Gasteiger partial charge on any atom is -0.389 e. The van der Waals surface area contributed by atoms with Crippen LogP contribution in [0.5, 0.6) is 0 Å². The fourth-order valence-corrected chi connectivity index (χ4v) is 3.92. The van der Waals surface area contributed by atoms with E-state index in [-0.39, 0.29) is 5.75 Å². The third-order valence-electron chi connectivity index (χ3n) is 4.06. The summed E-state index contributed by atoms with van der Waals surface area (Å²) in [5.41, 5.74) is -2.42. The number of thioether (sulfide) groups is 1. The number of rotatable bonds is 1. The summed E-state index contributed by atoms with van der Waals surface area (Å²) in [6, 6.07) is 12.1. The second-order valence-corrected chi connectivity index (χ2v) is 6.49. The van der Waals surface area contributed by atoms with E-state index in [2.05, 4.69) is 0 Å². The fourth-order valence-electron chi connectivity index (χ4n) is 2.84. The van der Waals surface area contributed by atoms with E-state index in [1.807, 2.05) is 6.07 Å². The number of hydrogen-bond donors (Lipinski definition) is 4. The van der Waals surface area contributed by atoms with Gasteiger partial charge in [0, 0.05) is 5.75 Å². The van der Waals surface area contributed by atoms with Crippen LogP contribution >= 0.6 is 11.8 Å². The van der Waals surface area contributed by atoms with Crippen molar-refractivity contribution < 1.29 is 20.4 Å². The molecule has 0 spiro atoms. The van der Waals surface area contributed by atoms with E-state index in [4.69, 9.17) is 5.26 Å². The Hall–Kier alpha value is -1.62. The molecule has 1 aliphatic rings. The van der Waals surface area contributed by atoms with Gasteiger partial charge in [-0.25, -0.2) is 0 Å². The average Bonchev–Trinajstić information content (AvgIpc) is 2.55. The first-order valence-corrected chi connectivity index (χ1v) is 7.85. The standard InChI is InChI=1S/C16H15NO4S/c17-7-9-4-5-11-10(6-9)2-1-3-12(11)16(21)14(19)13(18)8-22-15(16)20/h1-6,13-15,18-21H,8H2/t13-,14+,15-,16-/m1/s1. The molecular formula is C16H15NO4S. The van der Waals surface area contributed by atoms with Crippen LogP contribution < -0.4 is 0 Å². The molecule has 1 fully saturated rings. The lowest BCUT2D eigenvalue weighted by Crippen LogP contribution is -2.57. The summed E-state index contributed by atoms with van der Waals surface area (Å²) in [6.45, 7) is 0. The molecule has 1 saturated heterocycles. The SMILES string of the molecule is N#Cc1ccc2c([C@]3(O)[C@H](O)SC[C@@H](O)[C@@H]3O)cccc2c1. The summed E-state index contributed by atoms with van der Waals surface area (Å²) in [4.78, 5) is 0. The lowest BCUT2D eigenvalue weighted by Gasteiger charge is -2.43. The summed E-state index contributed by atoms with van der Waals surface area (Å²) in [5.74, 6) is 0.147. The third-order valence-corrected chi connectivity index (χ3v) is 5.27. The van der Waals surface area contributed by atoms with Gasteiger partial charge < -0.3 is 20.4 Å². The van der Waals surface area contributed by atoms with E-state index < -0.39 is 23.2 Å². The van der Waals surface area contributed by atoms with Crippen molar-refractivity contribution in [3.8, 4) is 6.07 Å². The zero-order valence-electron chi connectivity index (χ0n) is 11.5.